The number of nitrogens with zero attached hydrogens (tertiary/aromatic N) is 2. The molecule has 0 unspecified atom stereocenters. The van der Waals surface area contributed by atoms with Gasteiger partial charge in [-0.05, 0) is 36.4 Å². The number of anilines is 2. The number of carbonyl (C=O) groups is 1. The monoisotopic (exact) mass is 520 g/mol. The zero-order valence-electron chi connectivity index (χ0n) is 20.3. The summed E-state index contributed by atoms with van der Waals surface area (Å²) in [5.74, 6) is 1.37. The van der Waals surface area contributed by atoms with E-state index in [1.807, 2.05) is 42.5 Å². The zero-order chi connectivity index (χ0) is 25.2. The molecule has 3 aliphatic rings. The summed E-state index contributed by atoms with van der Waals surface area (Å²) in [5.41, 5.74) is 2.99. The molecule has 2 fully saturated rings. The van der Waals surface area contributed by atoms with Crippen LogP contribution in [0.4, 0.5) is 11.4 Å². The molecule has 0 aliphatic carbocycles. The molecule has 0 radical (unpaired) electrons. The molecule has 1 amide bonds. The van der Waals surface area contributed by atoms with Gasteiger partial charge in [-0.1, -0.05) is 17.8 Å². The summed E-state index contributed by atoms with van der Waals surface area (Å²) in [7, 11) is 0. The van der Waals surface area contributed by atoms with Crippen molar-refractivity contribution in [3.8, 4) is 22.8 Å². The minimum atomic E-state index is -0.155. The van der Waals surface area contributed by atoms with E-state index in [0.29, 0.717) is 50.2 Å². The maximum atomic E-state index is 12.5. The van der Waals surface area contributed by atoms with E-state index in [4.69, 9.17) is 14.2 Å². The van der Waals surface area contributed by atoms with Crippen molar-refractivity contribution in [2.45, 2.75) is 9.79 Å². The predicted octanol–water partition coefficient (Wildman–Crippen LogP) is 3.41. The van der Waals surface area contributed by atoms with E-state index in [1.165, 1.54) is 0 Å². The Labute approximate surface area is 218 Å². The van der Waals surface area contributed by atoms with Gasteiger partial charge in [0.05, 0.1) is 48.5 Å². The van der Waals surface area contributed by atoms with Crippen molar-refractivity contribution in [2.24, 2.45) is 0 Å². The number of aromatic amines is 1. The molecule has 2 saturated heterocycles. The fraction of sp³-hybridized carbons (Fsp3) is 0.333. The van der Waals surface area contributed by atoms with Crippen LogP contribution < -0.4 is 20.5 Å². The highest BCUT2D eigenvalue weighted by Crippen LogP contribution is 2.51. The average Bonchev–Trinajstić information content (AvgIpc) is 2.92. The van der Waals surface area contributed by atoms with Crippen molar-refractivity contribution >= 4 is 29.0 Å². The Bertz CT molecular complexity index is 1370. The molecule has 2 aromatic carbocycles. The van der Waals surface area contributed by atoms with Crippen LogP contribution in [0.3, 0.4) is 0 Å². The number of fused-ring (bicyclic) bond motifs is 2. The molecule has 0 saturated carbocycles. The Kier molecular flexibility index (Phi) is 6.88. The van der Waals surface area contributed by atoms with Crippen LogP contribution in [0.2, 0.25) is 0 Å². The summed E-state index contributed by atoms with van der Waals surface area (Å²) >= 11 is 1.58. The first kappa shape index (κ1) is 24.1. The first-order valence-corrected chi connectivity index (χ1v) is 13.2. The predicted molar refractivity (Wildman–Crippen MR) is 142 cm³/mol. The van der Waals surface area contributed by atoms with Crippen LogP contribution in [0.15, 0.2) is 63.1 Å². The molecule has 0 atom stereocenters. The lowest BCUT2D eigenvalue weighted by Gasteiger charge is -2.29. The maximum absolute atomic E-state index is 12.5. The molecule has 10 heteroatoms. The lowest BCUT2D eigenvalue weighted by molar-refractivity contribution is -0.118. The molecule has 6 rings (SSSR count). The Balaban J connectivity index is 1.22. The quantitative estimate of drug-likeness (QED) is 0.414. The molecule has 192 valence electrons. The van der Waals surface area contributed by atoms with Gasteiger partial charge in [-0.3, -0.25) is 14.5 Å². The lowest BCUT2D eigenvalue weighted by atomic mass is 10.1. The Morgan fingerprint density at radius 1 is 0.946 bits per heavy atom. The number of pyridine rings is 1. The highest BCUT2D eigenvalue weighted by atomic mass is 32.2. The van der Waals surface area contributed by atoms with Crippen molar-refractivity contribution in [1.82, 2.24) is 9.88 Å². The van der Waals surface area contributed by atoms with Crippen LogP contribution in [0.1, 0.15) is 0 Å². The topological polar surface area (TPSA) is 96.1 Å². The number of hydrogen-bond acceptors (Lipinski definition) is 8. The van der Waals surface area contributed by atoms with E-state index in [-0.39, 0.29) is 11.5 Å². The molecule has 1 aromatic heterocycles. The van der Waals surface area contributed by atoms with E-state index in [1.54, 1.807) is 17.8 Å². The third-order valence-electron chi connectivity index (χ3n) is 6.60. The second-order valence-electron chi connectivity index (χ2n) is 9.15. The van der Waals surface area contributed by atoms with Gasteiger partial charge in [-0.25, -0.2) is 0 Å². The van der Waals surface area contributed by atoms with Gasteiger partial charge in [-0.15, -0.1) is 0 Å². The van der Waals surface area contributed by atoms with Gasteiger partial charge in [0.15, 0.2) is 5.75 Å². The summed E-state index contributed by atoms with van der Waals surface area (Å²) in [6.07, 6.45) is 0. The molecule has 37 heavy (non-hydrogen) atoms. The Morgan fingerprint density at radius 2 is 1.73 bits per heavy atom. The van der Waals surface area contributed by atoms with Crippen molar-refractivity contribution in [2.75, 3.05) is 69.4 Å². The van der Waals surface area contributed by atoms with Crippen LogP contribution in [-0.4, -0.2) is 74.9 Å². The SMILES string of the molecule is O=C(CN1CCOCC1)Nc1ccc2c(c1)Sc1cccc(-c3cc(N4CCOCC4)cc(=O)[nH]3)c1O2. The van der Waals surface area contributed by atoms with Gasteiger partial charge < -0.3 is 29.4 Å². The van der Waals surface area contributed by atoms with E-state index in [0.717, 1.165) is 52.9 Å². The van der Waals surface area contributed by atoms with Gasteiger partial charge in [0.25, 0.3) is 0 Å². The first-order chi connectivity index (χ1) is 18.1. The summed E-state index contributed by atoms with van der Waals surface area (Å²) in [6.45, 7) is 5.99. The lowest BCUT2D eigenvalue weighted by Crippen LogP contribution is -2.41. The van der Waals surface area contributed by atoms with E-state index in [9.17, 15) is 9.59 Å². The van der Waals surface area contributed by atoms with Crippen molar-refractivity contribution < 1.29 is 19.0 Å². The fourth-order valence-electron chi connectivity index (χ4n) is 4.73. The molecule has 0 bridgehead atoms. The molecule has 2 N–H and O–H groups in total. The van der Waals surface area contributed by atoms with Gasteiger partial charge in [-0.2, -0.15) is 0 Å². The highest BCUT2D eigenvalue weighted by molar-refractivity contribution is 7.99. The number of hydrogen-bond donors (Lipinski definition) is 2. The average molecular weight is 521 g/mol. The number of amides is 1. The Morgan fingerprint density at radius 3 is 2.54 bits per heavy atom. The number of rotatable bonds is 5. The maximum Gasteiger partial charge on any atom is 0.250 e. The van der Waals surface area contributed by atoms with Crippen LogP contribution in [0.5, 0.6) is 11.5 Å². The van der Waals surface area contributed by atoms with Crippen LogP contribution in [-0.2, 0) is 14.3 Å². The van der Waals surface area contributed by atoms with E-state index < -0.39 is 0 Å². The molecule has 3 aliphatic heterocycles. The summed E-state index contributed by atoms with van der Waals surface area (Å²) < 4.78 is 17.2. The number of morpholine rings is 2. The third kappa shape index (κ3) is 5.37. The number of ether oxygens (including phenoxy) is 3. The van der Waals surface area contributed by atoms with Crippen molar-refractivity contribution in [3.63, 3.8) is 0 Å². The number of carbonyl (C=O) groups excluding carboxylic acids is 1. The number of benzene rings is 2. The molecule has 4 heterocycles. The summed E-state index contributed by atoms with van der Waals surface area (Å²) in [5, 5.41) is 3.00. The number of H-pyrrole nitrogens is 1. The second kappa shape index (κ2) is 10.6. The van der Waals surface area contributed by atoms with Crippen molar-refractivity contribution in [3.05, 3.63) is 58.9 Å². The van der Waals surface area contributed by atoms with Gasteiger partial charge in [0.2, 0.25) is 11.5 Å². The van der Waals surface area contributed by atoms with Crippen LogP contribution in [0.25, 0.3) is 11.3 Å². The van der Waals surface area contributed by atoms with Gasteiger partial charge in [0, 0.05) is 49.2 Å². The number of nitrogens with one attached hydrogen (secondary N) is 2. The third-order valence-corrected chi connectivity index (χ3v) is 7.69. The number of aromatic nitrogens is 1. The van der Waals surface area contributed by atoms with E-state index >= 15 is 0 Å². The standard InChI is InChI=1S/C27H28N4O5S/c32-25-16-19(31-8-12-35-13-9-31)15-21(29-25)20-2-1-3-23-27(20)36-22-5-4-18(14-24(22)37-23)28-26(33)17-30-6-10-34-11-7-30/h1-5,14-16H,6-13,17H2,(H,28,33)(H,29,32). The largest absolute Gasteiger partial charge is 0.454 e. The minimum absolute atomic E-state index is 0.0460. The molecular formula is C27H28N4O5S. The molecule has 3 aromatic rings. The summed E-state index contributed by atoms with van der Waals surface area (Å²) in [6, 6.07) is 15.2. The first-order valence-electron chi connectivity index (χ1n) is 12.4. The minimum Gasteiger partial charge on any atom is -0.454 e. The molecular weight excluding hydrogens is 492 g/mol. The summed E-state index contributed by atoms with van der Waals surface area (Å²) in [4.78, 5) is 34.2. The fourth-order valence-corrected chi connectivity index (χ4v) is 5.76. The Hall–Kier alpha value is -3.31. The second-order valence-corrected chi connectivity index (χ2v) is 10.2. The van der Waals surface area contributed by atoms with Crippen LogP contribution >= 0.6 is 11.8 Å². The van der Waals surface area contributed by atoms with Crippen molar-refractivity contribution in [1.29, 1.82) is 0 Å². The van der Waals surface area contributed by atoms with Crippen LogP contribution in [0, 0.1) is 0 Å². The van der Waals surface area contributed by atoms with Gasteiger partial charge >= 0.3 is 0 Å². The molecule has 9 nitrogen and oxygen atoms in total. The smallest absolute Gasteiger partial charge is 0.250 e. The highest BCUT2D eigenvalue weighted by Gasteiger charge is 2.23. The normalized spacial score (nSPS) is 17.5. The number of para-hydroxylation sites is 1. The molecule has 0 spiro atoms. The zero-order valence-corrected chi connectivity index (χ0v) is 21.1. The van der Waals surface area contributed by atoms with Gasteiger partial charge in [0.1, 0.15) is 5.75 Å². The van der Waals surface area contributed by atoms with E-state index in [2.05, 4.69) is 20.1 Å².